The van der Waals surface area contributed by atoms with Crippen LogP contribution in [0.2, 0.25) is 0 Å². The molecule has 0 saturated carbocycles. The fourth-order valence-electron chi connectivity index (χ4n) is 2.95. The molecule has 0 aliphatic carbocycles. The van der Waals surface area contributed by atoms with Crippen molar-refractivity contribution in [3.63, 3.8) is 0 Å². The quantitative estimate of drug-likeness (QED) is 0.751. The second-order valence-corrected chi connectivity index (χ2v) is 5.06. The summed E-state index contributed by atoms with van der Waals surface area (Å²) in [5.41, 5.74) is -0.363. The first-order chi connectivity index (χ1) is 8.10. The number of nitrogens with zero attached hydrogens (tertiary/aromatic N) is 1. The molecule has 2 aliphatic rings. The van der Waals surface area contributed by atoms with Gasteiger partial charge in [0.25, 0.3) is 0 Å². The minimum absolute atomic E-state index is 0.0369. The molecule has 2 N–H and O–H groups in total. The molecule has 0 radical (unpaired) electrons. The Morgan fingerprint density at radius 3 is 2.82 bits per heavy atom. The summed E-state index contributed by atoms with van der Waals surface area (Å²) < 4.78 is 0. The van der Waals surface area contributed by atoms with Gasteiger partial charge in [0.2, 0.25) is 5.91 Å². The van der Waals surface area contributed by atoms with E-state index in [4.69, 9.17) is 5.11 Å². The Morgan fingerprint density at radius 2 is 2.29 bits per heavy atom. The van der Waals surface area contributed by atoms with Gasteiger partial charge < -0.3 is 15.3 Å². The zero-order chi connectivity index (χ0) is 12.5. The fourth-order valence-corrected chi connectivity index (χ4v) is 2.95. The van der Waals surface area contributed by atoms with Crippen molar-refractivity contribution in [3.05, 3.63) is 0 Å². The van der Waals surface area contributed by atoms with Crippen LogP contribution in [0.1, 0.15) is 32.6 Å². The topological polar surface area (TPSA) is 69.6 Å². The number of carboxylic acid groups (broad SMARTS) is 1. The molecule has 96 valence electrons. The molecule has 0 aromatic rings. The third kappa shape index (κ3) is 2.04. The monoisotopic (exact) mass is 240 g/mol. The predicted octanol–water partition coefficient (Wildman–Crippen LogP) is 0.452. The van der Waals surface area contributed by atoms with Gasteiger partial charge in [-0.15, -0.1) is 0 Å². The minimum atomic E-state index is -0.868. The van der Waals surface area contributed by atoms with E-state index in [9.17, 15) is 9.59 Å². The summed E-state index contributed by atoms with van der Waals surface area (Å²) in [5, 5.41) is 12.3. The Hall–Kier alpha value is -1.10. The van der Waals surface area contributed by atoms with Gasteiger partial charge in [-0.05, 0) is 32.2 Å². The molecule has 1 unspecified atom stereocenters. The Kier molecular flexibility index (Phi) is 3.38. The molecule has 2 rings (SSSR count). The first-order valence-electron chi connectivity index (χ1n) is 6.35. The highest BCUT2D eigenvalue weighted by molar-refractivity contribution is 5.88. The minimum Gasteiger partial charge on any atom is -0.480 e. The lowest BCUT2D eigenvalue weighted by molar-refractivity contribution is -0.152. The van der Waals surface area contributed by atoms with Crippen molar-refractivity contribution in [1.29, 1.82) is 0 Å². The highest BCUT2D eigenvalue weighted by Crippen LogP contribution is 2.34. The number of hydrogen-bond donors (Lipinski definition) is 2. The Bertz CT molecular complexity index is 324. The van der Waals surface area contributed by atoms with Crippen LogP contribution in [0.3, 0.4) is 0 Å². The van der Waals surface area contributed by atoms with Crippen LogP contribution in [0, 0.1) is 5.41 Å². The third-order valence-electron chi connectivity index (χ3n) is 4.17. The van der Waals surface area contributed by atoms with Gasteiger partial charge in [0.05, 0.1) is 5.41 Å². The van der Waals surface area contributed by atoms with E-state index < -0.39 is 12.0 Å². The van der Waals surface area contributed by atoms with Crippen molar-refractivity contribution in [2.75, 3.05) is 19.6 Å². The molecule has 5 heteroatoms. The van der Waals surface area contributed by atoms with Gasteiger partial charge in [0, 0.05) is 13.1 Å². The van der Waals surface area contributed by atoms with Crippen molar-refractivity contribution < 1.29 is 14.7 Å². The van der Waals surface area contributed by atoms with Crippen LogP contribution in [0.15, 0.2) is 0 Å². The number of amides is 1. The summed E-state index contributed by atoms with van der Waals surface area (Å²) in [6.07, 6.45) is 3.00. The van der Waals surface area contributed by atoms with E-state index in [0.717, 1.165) is 25.8 Å². The molecular formula is C12H20N2O3. The van der Waals surface area contributed by atoms with Crippen molar-refractivity contribution >= 4 is 11.9 Å². The maximum atomic E-state index is 12.5. The van der Waals surface area contributed by atoms with Crippen molar-refractivity contribution in [3.8, 4) is 0 Å². The van der Waals surface area contributed by atoms with Gasteiger partial charge in [-0.2, -0.15) is 0 Å². The van der Waals surface area contributed by atoms with Crippen LogP contribution in [-0.4, -0.2) is 47.6 Å². The molecule has 2 fully saturated rings. The summed E-state index contributed by atoms with van der Waals surface area (Å²) in [7, 11) is 0. The summed E-state index contributed by atoms with van der Waals surface area (Å²) >= 11 is 0. The fraction of sp³-hybridized carbons (Fsp3) is 0.833. The Morgan fingerprint density at radius 1 is 1.53 bits per heavy atom. The van der Waals surface area contributed by atoms with Gasteiger partial charge in [0.15, 0.2) is 0 Å². The van der Waals surface area contributed by atoms with Gasteiger partial charge >= 0.3 is 5.97 Å². The maximum absolute atomic E-state index is 12.5. The number of aliphatic carboxylic acids is 1. The van der Waals surface area contributed by atoms with Gasteiger partial charge in [0.1, 0.15) is 6.04 Å². The van der Waals surface area contributed by atoms with Gasteiger partial charge in [-0.25, -0.2) is 4.79 Å². The van der Waals surface area contributed by atoms with E-state index in [-0.39, 0.29) is 11.3 Å². The molecule has 0 bridgehead atoms. The van der Waals surface area contributed by atoms with Crippen molar-refractivity contribution in [1.82, 2.24) is 10.2 Å². The maximum Gasteiger partial charge on any atom is 0.326 e. The lowest BCUT2D eigenvalue weighted by Gasteiger charge is -2.32. The van der Waals surface area contributed by atoms with E-state index in [1.807, 2.05) is 6.92 Å². The lowest BCUT2D eigenvalue weighted by atomic mass is 9.82. The lowest BCUT2D eigenvalue weighted by Crippen LogP contribution is -2.49. The number of rotatable bonds is 3. The number of carbonyl (C=O) groups excluding carboxylic acids is 1. The first-order valence-corrected chi connectivity index (χ1v) is 6.35. The van der Waals surface area contributed by atoms with Gasteiger partial charge in [-0.3, -0.25) is 4.79 Å². The second kappa shape index (κ2) is 4.64. The average molecular weight is 240 g/mol. The highest BCUT2D eigenvalue weighted by Gasteiger charge is 2.46. The largest absolute Gasteiger partial charge is 0.480 e. The van der Waals surface area contributed by atoms with E-state index in [2.05, 4.69) is 5.32 Å². The van der Waals surface area contributed by atoms with Crippen LogP contribution in [0.5, 0.6) is 0 Å². The van der Waals surface area contributed by atoms with Gasteiger partial charge in [-0.1, -0.05) is 6.92 Å². The Labute approximate surface area is 101 Å². The summed E-state index contributed by atoms with van der Waals surface area (Å²) in [4.78, 5) is 25.2. The summed E-state index contributed by atoms with van der Waals surface area (Å²) in [5.74, 6) is -0.831. The molecule has 2 heterocycles. The number of hydrogen-bond acceptors (Lipinski definition) is 3. The second-order valence-electron chi connectivity index (χ2n) is 5.06. The van der Waals surface area contributed by atoms with Crippen LogP contribution in [0.4, 0.5) is 0 Å². The smallest absolute Gasteiger partial charge is 0.326 e. The number of likely N-dealkylation sites (tertiary alicyclic amines) is 1. The van der Waals surface area contributed by atoms with E-state index in [0.29, 0.717) is 19.5 Å². The molecular weight excluding hydrogens is 220 g/mol. The number of carboxylic acids is 1. The Balaban J connectivity index is 2.15. The molecule has 5 nitrogen and oxygen atoms in total. The zero-order valence-corrected chi connectivity index (χ0v) is 10.2. The number of nitrogens with one attached hydrogen (secondary N) is 1. The molecule has 0 aromatic heterocycles. The van der Waals surface area contributed by atoms with Crippen molar-refractivity contribution in [2.45, 2.75) is 38.6 Å². The molecule has 1 amide bonds. The van der Waals surface area contributed by atoms with E-state index in [1.165, 1.54) is 0 Å². The third-order valence-corrected chi connectivity index (χ3v) is 4.17. The molecule has 0 aromatic carbocycles. The van der Waals surface area contributed by atoms with E-state index in [1.54, 1.807) is 4.90 Å². The van der Waals surface area contributed by atoms with Crippen LogP contribution in [0.25, 0.3) is 0 Å². The first kappa shape index (κ1) is 12.4. The van der Waals surface area contributed by atoms with Crippen LogP contribution in [-0.2, 0) is 9.59 Å². The zero-order valence-electron chi connectivity index (χ0n) is 10.2. The standard InChI is InChI=1S/C12H20N2O3/c1-2-12(5-6-13-8-12)11(17)14-7-3-4-9(14)10(15)16/h9,13H,2-8H2,1H3,(H,15,16)/t9-,12?/m1/s1. The van der Waals surface area contributed by atoms with Crippen LogP contribution < -0.4 is 5.32 Å². The van der Waals surface area contributed by atoms with Crippen LogP contribution >= 0.6 is 0 Å². The molecule has 2 aliphatic heterocycles. The highest BCUT2D eigenvalue weighted by atomic mass is 16.4. The molecule has 0 spiro atoms. The predicted molar refractivity (Wildman–Crippen MR) is 62.6 cm³/mol. The average Bonchev–Trinajstić information content (AvgIpc) is 2.98. The van der Waals surface area contributed by atoms with Crippen molar-refractivity contribution in [2.24, 2.45) is 5.41 Å². The summed E-state index contributed by atoms with van der Waals surface area (Å²) in [6.45, 7) is 4.14. The summed E-state index contributed by atoms with van der Waals surface area (Å²) in [6, 6.07) is -0.605. The molecule has 17 heavy (non-hydrogen) atoms. The van der Waals surface area contributed by atoms with E-state index >= 15 is 0 Å². The SMILES string of the molecule is CCC1(C(=O)N2CCC[C@@H]2C(=O)O)CCNC1. The molecule has 2 saturated heterocycles. The normalized spacial score (nSPS) is 33.0. The number of carbonyl (C=O) groups is 2. The molecule has 2 atom stereocenters.